The largest absolute Gasteiger partial charge is 0.355 e. The Bertz CT molecular complexity index is 846. The molecule has 0 saturated carbocycles. The Morgan fingerprint density at radius 1 is 1.21 bits per heavy atom. The van der Waals surface area contributed by atoms with Crippen LogP contribution in [-0.2, 0) is 0 Å². The summed E-state index contributed by atoms with van der Waals surface area (Å²) in [6, 6.07) is 14.9. The molecule has 0 atom stereocenters. The summed E-state index contributed by atoms with van der Waals surface area (Å²) in [5, 5.41) is 6.64. The van der Waals surface area contributed by atoms with Crippen LogP contribution in [0.5, 0.6) is 0 Å². The van der Waals surface area contributed by atoms with Gasteiger partial charge in [-0.15, -0.1) is 11.8 Å². The molecule has 0 bridgehead atoms. The maximum absolute atomic E-state index is 13.0. The minimum Gasteiger partial charge on any atom is -0.355 e. The first-order valence-corrected chi connectivity index (χ1v) is 8.41. The molecule has 122 valence electrons. The number of benzene rings is 2. The quantitative estimate of drug-likeness (QED) is 0.674. The molecule has 6 heteroatoms. The van der Waals surface area contributed by atoms with Gasteiger partial charge in [-0.05, 0) is 42.2 Å². The third kappa shape index (κ3) is 3.65. The number of aromatic nitrogens is 1. The topological polar surface area (TPSA) is 55.1 Å². The number of thioether (sulfide) groups is 1. The van der Waals surface area contributed by atoms with Gasteiger partial charge in [-0.3, -0.25) is 4.79 Å². The molecular weight excluding hydrogens is 327 g/mol. The molecule has 0 spiro atoms. The van der Waals surface area contributed by atoms with E-state index in [9.17, 15) is 9.18 Å². The van der Waals surface area contributed by atoms with Gasteiger partial charge in [0.2, 0.25) is 0 Å². The van der Waals surface area contributed by atoms with Crippen LogP contribution in [0.15, 0.2) is 64.0 Å². The molecule has 0 fully saturated rings. The first-order valence-electron chi connectivity index (χ1n) is 7.43. The number of nitrogens with one attached hydrogen (secondary N) is 1. The van der Waals surface area contributed by atoms with E-state index in [2.05, 4.69) is 17.4 Å². The molecule has 1 N–H and O–H groups in total. The van der Waals surface area contributed by atoms with Gasteiger partial charge in [0.25, 0.3) is 5.91 Å². The Kier molecular flexibility index (Phi) is 4.96. The summed E-state index contributed by atoms with van der Waals surface area (Å²) in [4.78, 5) is 13.4. The van der Waals surface area contributed by atoms with Crippen molar-refractivity contribution in [2.75, 3.05) is 11.1 Å². The molecular formula is C18H15FN2O2S. The zero-order valence-corrected chi connectivity index (χ0v) is 13.8. The van der Waals surface area contributed by atoms with E-state index in [1.54, 1.807) is 23.9 Å². The fraction of sp³-hybridized carbons (Fsp3) is 0.111. The monoisotopic (exact) mass is 342 g/mol. The Morgan fingerprint density at radius 3 is 2.71 bits per heavy atom. The zero-order chi connectivity index (χ0) is 16.9. The second-order valence-corrected chi connectivity index (χ2v) is 6.27. The zero-order valence-electron chi connectivity index (χ0n) is 13.0. The number of hydrogen-bond donors (Lipinski definition) is 1. The lowest BCUT2D eigenvalue weighted by Crippen LogP contribution is -2.12. The minimum atomic E-state index is -0.351. The summed E-state index contributed by atoms with van der Waals surface area (Å²) in [6.45, 7) is 2.05. The Hall–Kier alpha value is -2.60. The number of halogens is 1. The molecule has 0 aliphatic rings. The van der Waals surface area contributed by atoms with Crippen LogP contribution < -0.4 is 5.32 Å². The van der Waals surface area contributed by atoms with Crippen LogP contribution in [-0.4, -0.2) is 16.8 Å². The minimum absolute atomic E-state index is 0.172. The summed E-state index contributed by atoms with van der Waals surface area (Å²) >= 11 is 1.65. The van der Waals surface area contributed by atoms with Gasteiger partial charge >= 0.3 is 0 Å². The fourth-order valence-corrected chi connectivity index (χ4v) is 2.93. The molecule has 3 aromatic rings. The summed E-state index contributed by atoms with van der Waals surface area (Å²) < 4.78 is 18.2. The van der Waals surface area contributed by atoms with Crippen LogP contribution in [0.25, 0.3) is 11.3 Å². The van der Waals surface area contributed by atoms with Crippen LogP contribution in [0.4, 0.5) is 10.1 Å². The lowest BCUT2D eigenvalue weighted by molar-refractivity contribution is 0.101. The van der Waals surface area contributed by atoms with Crippen molar-refractivity contribution in [3.05, 3.63) is 66.1 Å². The third-order valence-corrected chi connectivity index (χ3v) is 4.26. The molecule has 4 nitrogen and oxygen atoms in total. The highest BCUT2D eigenvalue weighted by Crippen LogP contribution is 2.27. The van der Waals surface area contributed by atoms with Crippen molar-refractivity contribution >= 4 is 23.4 Å². The van der Waals surface area contributed by atoms with Gasteiger partial charge in [-0.2, -0.15) is 0 Å². The Balaban J connectivity index is 1.78. The molecule has 0 aliphatic heterocycles. The van der Waals surface area contributed by atoms with Crippen LogP contribution in [0.3, 0.4) is 0 Å². The third-order valence-electron chi connectivity index (χ3n) is 3.31. The van der Waals surface area contributed by atoms with Gasteiger partial charge in [-0.25, -0.2) is 4.39 Å². The first kappa shape index (κ1) is 16.3. The molecule has 24 heavy (non-hydrogen) atoms. The number of carbonyl (C=O) groups is 1. The van der Waals surface area contributed by atoms with Gasteiger partial charge in [0.1, 0.15) is 5.82 Å². The second kappa shape index (κ2) is 7.31. The Morgan fingerprint density at radius 2 is 1.96 bits per heavy atom. The molecule has 1 heterocycles. The second-order valence-electron chi connectivity index (χ2n) is 4.97. The van der Waals surface area contributed by atoms with E-state index in [0.29, 0.717) is 11.3 Å². The number of amides is 1. The summed E-state index contributed by atoms with van der Waals surface area (Å²) in [5.74, 6) is 0.639. The van der Waals surface area contributed by atoms with Gasteiger partial charge < -0.3 is 9.84 Å². The standard InChI is InChI=1S/C18H15FN2O2S/c1-2-24-17-6-4-3-5-14(17)20-18(22)15-11-16(23-21-15)12-7-9-13(19)10-8-12/h3-11H,2H2,1H3,(H,20,22). The van der Waals surface area contributed by atoms with Gasteiger partial charge in [0, 0.05) is 16.5 Å². The van der Waals surface area contributed by atoms with Gasteiger partial charge in [0.05, 0.1) is 5.69 Å². The van der Waals surface area contributed by atoms with E-state index in [1.807, 2.05) is 24.3 Å². The highest BCUT2D eigenvalue weighted by molar-refractivity contribution is 7.99. The van der Waals surface area contributed by atoms with Crippen molar-refractivity contribution in [2.24, 2.45) is 0 Å². The van der Waals surface area contributed by atoms with E-state index in [1.165, 1.54) is 18.2 Å². The number of rotatable bonds is 5. The lowest BCUT2D eigenvalue weighted by atomic mass is 10.1. The SMILES string of the molecule is CCSc1ccccc1NC(=O)c1cc(-c2ccc(F)cc2)on1. The number of carbonyl (C=O) groups excluding carboxylic acids is 1. The molecule has 3 rings (SSSR count). The average Bonchev–Trinajstić information content (AvgIpc) is 3.08. The summed E-state index contributed by atoms with van der Waals surface area (Å²) in [5.41, 5.74) is 1.57. The maximum atomic E-state index is 13.0. The highest BCUT2D eigenvalue weighted by atomic mass is 32.2. The molecule has 0 aliphatic carbocycles. The fourth-order valence-electron chi connectivity index (χ4n) is 2.17. The van der Waals surface area contributed by atoms with E-state index >= 15 is 0 Å². The molecule has 0 radical (unpaired) electrons. The predicted molar refractivity (Wildman–Crippen MR) is 92.7 cm³/mol. The predicted octanol–water partition coefficient (Wildman–Crippen LogP) is 4.85. The van der Waals surface area contributed by atoms with Crippen LogP contribution in [0, 0.1) is 5.82 Å². The van der Waals surface area contributed by atoms with E-state index < -0.39 is 0 Å². The highest BCUT2D eigenvalue weighted by Gasteiger charge is 2.15. The average molecular weight is 342 g/mol. The van der Waals surface area contributed by atoms with E-state index in [0.717, 1.165) is 16.3 Å². The van der Waals surface area contributed by atoms with Crippen LogP contribution in [0.2, 0.25) is 0 Å². The molecule has 0 saturated heterocycles. The van der Waals surface area contributed by atoms with E-state index in [4.69, 9.17) is 4.52 Å². The van der Waals surface area contributed by atoms with Crippen molar-refractivity contribution in [3.63, 3.8) is 0 Å². The molecule has 1 aromatic heterocycles. The van der Waals surface area contributed by atoms with Crippen molar-refractivity contribution in [1.82, 2.24) is 5.16 Å². The number of hydrogen-bond acceptors (Lipinski definition) is 4. The van der Waals surface area contributed by atoms with Crippen molar-refractivity contribution in [1.29, 1.82) is 0 Å². The van der Waals surface area contributed by atoms with E-state index in [-0.39, 0.29) is 17.4 Å². The molecule has 0 unspecified atom stereocenters. The molecule has 1 amide bonds. The van der Waals surface area contributed by atoms with Crippen LogP contribution >= 0.6 is 11.8 Å². The van der Waals surface area contributed by atoms with Crippen molar-refractivity contribution in [2.45, 2.75) is 11.8 Å². The van der Waals surface area contributed by atoms with Crippen LogP contribution in [0.1, 0.15) is 17.4 Å². The smallest absolute Gasteiger partial charge is 0.277 e. The number of nitrogens with zero attached hydrogens (tertiary/aromatic N) is 1. The first-order chi connectivity index (χ1) is 11.7. The number of para-hydroxylation sites is 1. The lowest BCUT2D eigenvalue weighted by Gasteiger charge is -2.08. The Labute approximate surface area is 143 Å². The maximum Gasteiger partial charge on any atom is 0.277 e. The normalized spacial score (nSPS) is 10.6. The van der Waals surface area contributed by atoms with Gasteiger partial charge in [-0.1, -0.05) is 24.2 Å². The van der Waals surface area contributed by atoms with Crippen molar-refractivity contribution in [3.8, 4) is 11.3 Å². The summed E-state index contributed by atoms with van der Waals surface area (Å²) in [7, 11) is 0. The molecule has 2 aromatic carbocycles. The van der Waals surface area contributed by atoms with Crippen molar-refractivity contribution < 1.29 is 13.7 Å². The van der Waals surface area contributed by atoms with Gasteiger partial charge in [0.15, 0.2) is 11.5 Å². The number of anilines is 1. The summed E-state index contributed by atoms with van der Waals surface area (Å²) in [6.07, 6.45) is 0.